The lowest BCUT2D eigenvalue weighted by Gasteiger charge is -2.31. The van der Waals surface area contributed by atoms with Crippen molar-refractivity contribution in [2.75, 3.05) is 38.3 Å². The Morgan fingerprint density at radius 1 is 1.23 bits per heavy atom. The summed E-state index contributed by atoms with van der Waals surface area (Å²) in [5, 5.41) is 2.86. The number of piperidine rings is 1. The van der Waals surface area contributed by atoms with Gasteiger partial charge in [-0.25, -0.2) is 12.7 Å². The van der Waals surface area contributed by atoms with Crippen LogP contribution in [0.1, 0.15) is 25.3 Å². The maximum atomic E-state index is 12.5. The third-order valence-electron chi connectivity index (χ3n) is 4.70. The average molecular weight is 381 g/mol. The summed E-state index contributed by atoms with van der Waals surface area (Å²) >= 11 is 0. The van der Waals surface area contributed by atoms with Crippen molar-refractivity contribution in [1.29, 1.82) is 0 Å². The molecule has 0 bridgehead atoms. The van der Waals surface area contributed by atoms with Crippen molar-refractivity contribution in [2.45, 2.75) is 26.2 Å². The Morgan fingerprint density at radius 3 is 2.42 bits per heavy atom. The third kappa shape index (κ3) is 5.28. The first kappa shape index (κ1) is 20.4. The Labute approximate surface area is 155 Å². The highest BCUT2D eigenvalue weighted by molar-refractivity contribution is 7.88. The van der Waals surface area contributed by atoms with Gasteiger partial charge in [-0.1, -0.05) is 25.1 Å². The molecule has 0 radical (unpaired) electrons. The van der Waals surface area contributed by atoms with Crippen LogP contribution in [0.4, 0.5) is 5.69 Å². The number of benzene rings is 1. The molecule has 1 aliphatic heterocycles. The van der Waals surface area contributed by atoms with Crippen LogP contribution in [0.5, 0.6) is 0 Å². The Morgan fingerprint density at radius 2 is 1.85 bits per heavy atom. The van der Waals surface area contributed by atoms with E-state index in [0.717, 1.165) is 17.7 Å². The van der Waals surface area contributed by atoms with Crippen molar-refractivity contribution in [1.82, 2.24) is 9.21 Å². The first-order valence-electron chi connectivity index (χ1n) is 8.80. The minimum Gasteiger partial charge on any atom is -0.336 e. The Hall–Kier alpha value is -1.93. The van der Waals surface area contributed by atoms with E-state index in [-0.39, 0.29) is 24.3 Å². The summed E-state index contributed by atoms with van der Waals surface area (Å²) in [5.41, 5.74) is 1.81. The van der Waals surface area contributed by atoms with E-state index in [1.807, 2.05) is 31.2 Å². The van der Waals surface area contributed by atoms with E-state index >= 15 is 0 Å². The summed E-state index contributed by atoms with van der Waals surface area (Å²) in [6, 6.07) is 7.59. The molecule has 0 atom stereocenters. The number of amides is 2. The van der Waals surface area contributed by atoms with Gasteiger partial charge in [-0.05, 0) is 30.9 Å². The van der Waals surface area contributed by atoms with Crippen LogP contribution in [0.3, 0.4) is 0 Å². The molecule has 144 valence electrons. The maximum absolute atomic E-state index is 12.5. The molecule has 1 heterocycles. The van der Waals surface area contributed by atoms with Gasteiger partial charge >= 0.3 is 0 Å². The number of sulfonamides is 1. The Balaban J connectivity index is 1.88. The van der Waals surface area contributed by atoms with Crippen LogP contribution in [0.2, 0.25) is 0 Å². The fourth-order valence-electron chi connectivity index (χ4n) is 3.18. The number of nitrogens with one attached hydrogen (secondary N) is 1. The molecular formula is C18H27N3O4S. The van der Waals surface area contributed by atoms with Gasteiger partial charge in [0.2, 0.25) is 21.8 Å². The summed E-state index contributed by atoms with van der Waals surface area (Å²) in [4.78, 5) is 26.2. The molecule has 2 amide bonds. The number of carbonyl (C=O) groups excluding carboxylic acids is 2. The van der Waals surface area contributed by atoms with Gasteiger partial charge in [0, 0.05) is 31.7 Å². The molecule has 1 saturated heterocycles. The molecule has 1 N–H and O–H groups in total. The van der Waals surface area contributed by atoms with E-state index in [0.29, 0.717) is 25.9 Å². The number of para-hydroxylation sites is 1. The summed E-state index contributed by atoms with van der Waals surface area (Å²) in [5.74, 6) is -0.596. The molecule has 0 saturated carbocycles. The Kier molecular flexibility index (Phi) is 6.77. The Bertz CT molecular complexity index is 755. The first-order valence-corrected chi connectivity index (χ1v) is 10.6. The quantitative estimate of drug-likeness (QED) is 0.805. The highest BCUT2D eigenvalue weighted by Gasteiger charge is 2.30. The van der Waals surface area contributed by atoms with Gasteiger partial charge in [-0.3, -0.25) is 9.59 Å². The van der Waals surface area contributed by atoms with Crippen molar-refractivity contribution in [3.8, 4) is 0 Å². The smallest absolute Gasteiger partial charge is 0.243 e. The van der Waals surface area contributed by atoms with Crippen LogP contribution in [-0.2, 0) is 26.0 Å². The largest absolute Gasteiger partial charge is 0.336 e. The summed E-state index contributed by atoms with van der Waals surface area (Å²) < 4.78 is 24.5. The number of hydrogen-bond acceptors (Lipinski definition) is 4. The summed E-state index contributed by atoms with van der Waals surface area (Å²) in [6.45, 7) is 2.69. The van der Waals surface area contributed by atoms with Gasteiger partial charge in [0.1, 0.15) is 0 Å². The maximum Gasteiger partial charge on any atom is 0.243 e. The van der Waals surface area contributed by atoms with E-state index in [9.17, 15) is 18.0 Å². The number of carbonyl (C=O) groups is 2. The van der Waals surface area contributed by atoms with Crippen molar-refractivity contribution in [2.24, 2.45) is 5.92 Å². The minimum absolute atomic E-state index is 0.0246. The number of anilines is 1. The number of likely N-dealkylation sites (N-methyl/N-ethyl adjacent to an activating group) is 1. The minimum atomic E-state index is -3.21. The molecule has 0 aliphatic carbocycles. The normalized spacial score (nSPS) is 16.3. The lowest BCUT2D eigenvalue weighted by Crippen LogP contribution is -2.44. The van der Waals surface area contributed by atoms with E-state index in [1.165, 1.54) is 15.5 Å². The fourth-order valence-corrected chi connectivity index (χ4v) is 4.05. The zero-order chi connectivity index (χ0) is 19.3. The highest BCUT2D eigenvalue weighted by Crippen LogP contribution is 2.21. The summed E-state index contributed by atoms with van der Waals surface area (Å²) in [7, 11) is -1.60. The molecule has 1 aromatic carbocycles. The standard InChI is InChI=1S/C18H27N3O4S/c1-4-14-7-5-6-8-16(14)19-17(22)13-20(2)18(23)15-9-11-21(12-10-15)26(3,24)25/h5-8,15H,4,9-13H2,1-3H3,(H,19,22). The molecule has 8 heteroatoms. The molecule has 0 spiro atoms. The third-order valence-corrected chi connectivity index (χ3v) is 6.00. The van der Waals surface area contributed by atoms with E-state index in [4.69, 9.17) is 0 Å². The van der Waals surface area contributed by atoms with Crippen LogP contribution < -0.4 is 5.32 Å². The van der Waals surface area contributed by atoms with Crippen LogP contribution in [0.15, 0.2) is 24.3 Å². The predicted octanol–water partition coefficient (Wildman–Crippen LogP) is 1.32. The van der Waals surface area contributed by atoms with Crippen molar-refractivity contribution >= 4 is 27.5 Å². The van der Waals surface area contributed by atoms with Gasteiger partial charge in [0.05, 0.1) is 12.8 Å². The second kappa shape index (κ2) is 8.64. The molecule has 2 rings (SSSR count). The average Bonchev–Trinajstić information content (AvgIpc) is 2.60. The van der Waals surface area contributed by atoms with Crippen molar-refractivity contribution in [3.05, 3.63) is 29.8 Å². The lowest BCUT2D eigenvalue weighted by atomic mass is 9.96. The van der Waals surface area contributed by atoms with Crippen LogP contribution in [0.25, 0.3) is 0 Å². The molecule has 1 aliphatic rings. The molecule has 7 nitrogen and oxygen atoms in total. The topological polar surface area (TPSA) is 86.8 Å². The van der Waals surface area contributed by atoms with E-state index in [2.05, 4.69) is 5.32 Å². The molecule has 0 unspecified atom stereocenters. The monoisotopic (exact) mass is 381 g/mol. The first-order chi connectivity index (χ1) is 12.2. The van der Waals surface area contributed by atoms with Gasteiger partial charge in [-0.2, -0.15) is 0 Å². The molecule has 0 aromatic heterocycles. The van der Waals surface area contributed by atoms with E-state index in [1.54, 1.807) is 7.05 Å². The lowest BCUT2D eigenvalue weighted by molar-refractivity contribution is -0.138. The highest BCUT2D eigenvalue weighted by atomic mass is 32.2. The van der Waals surface area contributed by atoms with Gasteiger partial charge in [0.25, 0.3) is 0 Å². The number of nitrogens with zero attached hydrogens (tertiary/aromatic N) is 2. The van der Waals surface area contributed by atoms with Crippen LogP contribution in [0, 0.1) is 5.92 Å². The molecular weight excluding hydrogens is 354 g/mol. The number of rotatable bonds is 6. The van der Waals surface area contributed by atoms with Gasteiger partial charge in [-0.15, -0.1) is 0 Å². The zero-order valence-electron chi connectivity index (χ0n) is 15.6. The second-order valence-corrected chi connectivity index (χ2v) is 8.67. The molecule has 1 aromatic rings. The number of hydrogen-bond donors (Lipinski definition) is 1. The second-order valence-electron chi connectivity index (χ2n) is 6.69. The van der Waals surface area contributed by atoms with Crippen molar-refractivity contribution < 1.29 is 18.0 Å². The molecule has 1 fully saturated rings. The van der Waals surface area contributed by atoms with Crippen molar-refractivity contribution in [3.63, 3.8) is 0 Å². The fraction of sp³-hybridized carbons (Fsp3) is 0.556. The predicted molar refractivity (Wildman–Crippen MR) is 101 cm³/mol. The SMILES string of the molecule is CCc1ccccc1NC(=O)CN(C)C(=O)C1CCN(S(C)(=O)=O)CC1. The zero-order valence-corrected chi connectivity index (χ0v) is 16.4. The van der Waals surface area contributed by atoms with Crippen LogP contribution in [-0.4, -0.2) is 62.4 Å². The van der Waals surface area contributed by atoms with Crippen LogP contribution >= 0.6 is 0 Å². The summed E-state index contributed by atoms with van der Waals surface area (Å²) in [6.07, 6.45) is 2.96. The van der Waals surface area contributed by atoms with E-state index < -0.39 is 10.0 Å². The number of aryl methyl sites for hydroxylation is 1. The van der Waals surface area contributed by atoms with Gasteiger partial charge in [0.15, 0.2) is 0 Å². The van der Waals surface area contributed by atoms with Gasteiger partial charge < -0.3 is 10.2 Å². The molecule has 26 heavy (non-hydrogen) atoms.